The molecule has 80 valence electrons. The summed E-state index contributed by atoms with van der Waals surface area (Å²) >= 11 is 0. The molecule has 17 heavy (non-hydrogen) atoms. The number of fused-ring (bicyclic) bond motifs is 4. The smallest absolute Gasteiger partial charge is 0.0720 e. The van der Waals surface area contributed by atoms with E-state index in [4.69, 9.17) is 0 Å². The van der Waals surface area contributed by atoms with Gasteiger partial charge in [0.15, 0.2) is 0 Å². The quantitative estimate of drug-likeness (QED) is 0.508. The summed E-state index contributed by atoms with van der Waals surface area (Å²) in [6.07, 6.45) is 4.95. The zero-order valence-corrected chi connectivity index (χ0v) is 9.22. The monoisotopic (exact) mass is 218 g/mol. The summed E-state index contributed by atoms with van der Waals surface area (Å²) in [7, 11) is 0. The van der Waals surface area contributed by atoms with Gasteiger partial charge in [0.05, 0.1) is 10.7 Å². The van der Waals surface area contributed by atoms with Gasteiger partial charge in [0, 0.05) is 22.8 Å². The molecule has 0 fully saturated rings. The van der Waals surface area contributed by atoms with Gasteiger partial charge in [0.25, 0.3) is 0 Å². The molecule has 0 aromatic heterocycles. The molecule has 0 radical (unpaired) electrons. The summed E-state index contributed by atoms with van der Waals surface area (Å²) in [5, 5.41) is 4.27. The van der Waals surface area contributed by atoms with Gasteiger partial charge in [-0.25, -0.2) is 0 Å². The SMILES string of the molecule is C1=c2/cccc/c2=N/C=c2/c3c(cc/c2=N/1)C3. The minimum atomic E-state index is 0.986. The molecule has 0 bridgehead atoms. The van der Waals surface area contributed by atoms with Crippen molar-refractivity contribution < 1.29 is 0 Å². The van der Waals surface area contributed by atoms with Crippen LogP contribution in [-0.2, 0) is 6.42 Å². The number of para-hydroxylation sites is 1. The summed E-state index contributed by atoms with van der Waals surface area (Å²) in [4.78, 5) is 9.13. The maximum Gasteiger partial charge on any atom is 0.0720 e. The Labute approximate surface area is 98.0 Å². The molecule has 2 nitrogen and oxygen atoms in total. The molecule has 2 heteroatoms. The molecule has 0 saturated heterocycles. The Hall–Kier alpha value is -2.22. The Bertz CT molecular complexity index is 861. The Morgan fingerprint density at radius 1 is 0.824 bits per heavy atom. The lowest BCUT2D eigenvalue weighted by Crippen LogP contribution is -2.30. The van der Waals surface area contributed by atoms with Gasteiger partial charge < -0.3 is 0 Å². The highest BCUT2D eigenvalue weighted by atomic mass is 14.7. The van der Waals surface area contributed by atoms with Crippen LogP contribution in [0.3, 0.4) is 0 Å². The highest BCUT2D eigenvalue weighted by molar-refractivity contribution is 5.49. The van der Waals surface area contributed by atoms with E-state index < -0.39 is 0 Å². The van der Waals surface area contributed by atoms with E-state index in [1.807, 2.05) is 36.7 Å². The van der Waals surface area contributed by atoms with E-state index in [1.54, 1.807) is 0 Å². The zero-order chi connectivity index (χ0) is 11.2. The largest absolute Gasteiger partial charge is 0.255 e. The maximum absolute atomic E-state index is 4.57. The second-order valence-corrected chi connectivity index (χ2v) is 4.39. The first-order chi connectivity index (χ1) is 8.42. The van der Waals surface area contributed by atoms with Crippen molar-refractivity contribution in [3.63, 3.8) is 0 Å². The highest BCUT2D eigenvalue weighted by Crippen LogP contribution is 2.21. The van der Waals surface area contributed by atoms with E-state index in [9.17, 15) is 0 Å². The lowest BCUT2D eigenvalue weighted by molar-refractivity contribution is 1.27. The van der Waals surface area contributed by atoms with Gasteiger partial charge in [-0.3, -0.25) is 9.98 Å². The van der Waals surface area contributed by atoms with Crippen molar-refractivity contribution in [2.75, 3.05) is 0 Å². The Balaban J connectivity index is 2.17. The number of nitrogens with zero attached hydrogens (tertiary/aromatic N) is 2. The third-order valence-corrected chi connectivity index (χ3v) is 3.29. The summed E-state index contributed by atoms with van der Waals surface area (Å²) in [5.74, 6) is 0. The number of rotatable bonds is 0. The van der Waals surface area contributed by atoms with E-state index in [2.05, 4.69) is 22.1 Å². The van der Waals surface area contributed by atoms with Crippen molar-refractivity contribution in [3.8, 4) is 0 Å². The lowest BCUT2D eigenvalue weighted by Gasteiger charge is -1.92. The molecule has 0 unspecified atom stereocenters. The van der Waals surface area contributed by atoms with E-state index >= 15 is 0 Å². The second kappa shape index (κ2) is 3.14. The molecule has 1 heterocycles. The molecular formula is C15H10N2. The fourth-order valence-corrected chi connectivity index (χ4v) is 2.24. The molecule has 0 saturated carbocycles. The Kier molecular flexibility index (Phi) is 1.64. The van der Waals surface area contributed by atoms with Gasteiger partial charge in [0.1, 0.15) is 0 Å². The van der Waals surface area contributed by atoms with Crippen LogP contribution in [0.1, 0.15) is 11.1 Å². The maximum atomic E-state index is 4.57. The summed E-state index contributed by atoms with van der Waals surface area (Å²) < 4.78 is 0. The van der Waals surface area contributed by atoms with E-state index in [0.717, 1.165) is 22.4 Å². The average molecular weight is 218 g/mol. The first-order valence-corrected chi connectivity index (χ1v) is 5.74. The first-order valence-electron chi connectivity index (χ1n) is 5.74. The minimum Gasteiger partial charge on any atom is -0.255 e. The van der Waals surface area contributed by atoms with Crippen LogP contribution in [0, 0.1) is 0 Å². The van der Waals surface area contributed by atoms with E-state index in [0.29, 0.717) is 0 Å². The van der Waals surface area contributed by atoms with Crippen LogP contribution in [0.5, 0.6) is 0 Å². The van der Waals surface area contributed by atoms with Crippen molar-refractivity contribution in [1.29, 1.82) is 0 Å². The summed E-state index contributed by atoms with van der Waals surface area (Å²) in [6.45, 7) is 0. The van der Waals surface area contributed by atoms with Gasteiger partial charge in [-0.15, -0.1) is 0 Å². The molecule has 0 amide bonds. The molecule has 1 aliphatic carbocycles. The Morgan fingerprint density at radius 3 is 2.71 bits per heavy atom. The fraction of sp³-hybridized carbons (Fsp3) is 0.0667. The van der Waals surface area contributed by atoms with Gasteiger partial charge in [0.2, 0.25) is 0 Å². The van der Waals surface area contributed by atoms with Crippen molar-refractivity contribution in [2.45, 2.75) is 6.42 Å². The van der Waals surface area contributed by atoms with Crippen LogP contribution < -0.4 is 21.2 Å². The van der Waals surface area contributed by atoms with Crippen LogP contribution in [0.2, 0.25) is 0 Å². The van der Waals surface area contributed by atoms with Gasteiger partial charge in [-0.2, -0.15) is 0 Å². The van der Waals surface area contributed by atoms with Crippen LogP contribution >= 0.6 is 0 Å². The molecule has 2 aromatic rings. The third kappa shape index (κ3) is 1.34. The number of hydrogen-bond acceptors (Lipinski definition) is 2. The van der Waals surface area contributed by atoms with Crippen molar-refractivity contribution in [1.82, 2.24) is 0 Å². The van der Waals surface area contributed by atoms with Crippen LogP contribution in [-0.4, -0.2) is 0 Å². The van der Waals surface area contributed by atoms with Gasteiger partial charge in [-0.1, -0.05) is 24.3 Å². The Morgan fingerprint density at radius 2 is 1.71 bits per heavy atom. The van der Waals surface area contributed by atoms with Crippen molar-refractivity contribution >= 4 is 12.4 Å². The average Bonchev–Trinajstić information content (AvgIpc) is 3.10. The summed E-state index contributed by atoms with van der Waals surface area (Å²) in [6, 6.07) is 12.3. The second-order valence-electron chi connectivity index (χ2n) is 4.39. The molecule has 2 aliphatic rings. The van der Waals surface area contributed by atoms with Crippen LogP contribution in [0.4, 0.5) is 0 Å². The lowest BCUT2D eigenvalue weighted by atomic mass is 10.2. The molecule has 1 aliphatic heterocycles. The predicted octanol–water partition coefficient (Wildman–Crippen LogP) is 0.0198. The van der Waals surface area contributed by atoms with Crippen LogP contribution in [0.25, 0.3) is 12.4 Å². The fourth-order valence-electron chi connectivity index (χ4n) is 2.24. The van der Waals surface area contributed by atoms with Crippen LogP contribution in [0.15, 0.2) is 46.4 Å². The predicted molar refractivity (Wildman–Crippen MR) is 66.2 cm³/mol. The van der Waals surface area contributed by atoms with E-state index in [1.165, 1.54) is 16.3 Å². The molecule has 4 rings (SSSR count). The molecule has 2 aromatic carbocycles. The normalized spacial score (nSPS) is 22.4. The zero-order valence-electron chi connectivity index (χ0n) is 9.22. The van der Waals surface area contributed by atoms with E-state index in [-0.39, 0.29) is 0 Å². The number of benzene rings is 2. The minimum absolute atomic E-state index is 0.986. The van der Waals surface area contributed by atoms with Crippen molar-refractivity contribution in [3.05, 3.63) is 68.7 Å². The van der Waals surface area contributed by atoms with Gasteiger partial charge in [-0.05, 0) is 29.7 Å². The number of hydrogen-bond donors (Lipinski definition) is 0. The third-order valence-electron chi connectivity index (χ3n) is 3.29. The van der Waals surface area contributed by atoms with Gasteiger partial charge >= 0.3 is 0 Å². The summed E-state index contributed by atoms with van der Waals surface area (Å²) in [5.41, 5.74) is 2.84. The highest BCUT2D eigenvalue weighted by Gasteiger charge is 2.17. The molecule has 0 atom stereocenters. The molecule has 0 N–H and O–H groups in total. The molecular weight excluding hydrogens is 208 g/mol. The van der Waals surface area contributed by atoms with Crippen molar-refractivity contribution in [2.24, 2.45) is 9.98 Å². The standard InChI is InChI=1S/C15H10N2/c1-2-4-14-11(3-1)8-16-15-6-5-10-7-12(10)13(15)9-17-14/h1-6,8-9H,7H2/b11-8-,13-9-,16-8?,16-15-,17-9?,17-14-. The molecule has 0 spiro atoms. The topological polar surface area (TPSA) is 24.7 Å². The first kappa shape index (κ1) is 8.88.